The third-order valence-electron chi connectivity index (χ3n) is 6.47. The van der Waals surface area contributed by atoms with Crippen LogP contribution < -0.4 is 0 Å². The first-order valence-electron chi connectivity index (χ1n) is 11.2. The van der Waals surface area contributed by atoms with E-state index in [4.69, 9.17) is 4.98 Å². The Balaban J connectivity index is 1.41. The van der Waals surface area contributed by atoms with E-state index in [9.17, 15) is 14.9 Å². The van der Waals surface area contributed by atoms with Crippen molar-refractivity contribution in [1.82, 2.24) is 14.8 Å². The van der Waals surface area contributed by atoms with Crippen LogP contribution in [0.1, 0.15) is 65.3 Å². The molecule has 164 valence electrons. The van der Waals surface area contributed by atoms with Gasteiger partial charge in [-0.05, 0) is 69.8 Å². The number of benzene rings is 1. The molecule has 2 aromatic rings. The molecule has 7 nitrogen and oxygen atoms in total. The SMILES string of the molecule is Cc1ccc(C(=O)N2CCCCC2)c(C2CCN(Cc3ccc([N+](=O)[O-])cc3)CC2)n1. The highest BCUT2D eigenvalue weighted by atomic mass is 16.6. The van der Waals surface area contributed by atoms with Crippen LogP contribution in [0.2, 0.25) is 0 Å². The van der Waals surface area contributed by atoms with E-state index in [1.165, 1.54) is 6.42 Å². The van der Waals surface area contributed by atoms with Gasteiger partial charge in [-0.15, -0.1) is 0 Å². The first-order valence-corrected chi connectivity index (χ1v) is 11.2. The number of pyridine rings is 1. The third-order valence-corrected chi connectivity index (χ3v) is 6.47. The average Bonchev–Trinajstić information content (AvgIpc) is 2.80. The highest BCUT2D eigenvalue weighted by Crippen LogP contribution is 2.31. The largest absolute Gasteiger partial charge is 0.339 e. The molecule has 0 radical (unpaired) electrons. The minimum atomic E-state index is -0.368. The minimum absolute atomic E-state index is 0.124. The molecule has 0 spiro atoms. The molecule has 31 heavy (non-hydrogen) atoms. The number of nitro groups is 1. The Bertz CT molecular complexity index is 930. The number of nitro benzene ring substituents is 1. The zero-order valence-electron chi connectivity index (χ0n) is 18.1. The topological polar surface area (TPSA) is 79.6 Å². The predicted octanol–water partition coefficient (Wildman–Crippen LogP) is 4.30. The molecular weight excluding hydrogens is 392 g/mol. The number of carbonyl (C=O) groups is 1. The Morgan fingerprint density at radius 1 is 1.03 bits per heavy atom. The molecule has 2 aliphatic heterocycles. The smallest absolute Gasteiger partial charge is 0.269 e. The van der Waals surface area contributed by atoms with E-state index in [1.54, 1.807) is 12.1 Å². The normalized spacial score (nSPS) is 18.2. The van der Waals surface area contributed by atoms with Crippen molar-refractivity contribution in [2.24, 2.45) is 0 Å². The Morgan fingerprint density at radius 2 is 1.71 bits per heavy atom. The van der Waals surface area contributed by atoms with Gasteiger partial charge >= 0.3 is 0 Å². The fourth-order valence-corrected chi connectivity index (χ4v) is 4.68. The summed E-state index contributed by atoms with van der Waals surface area (Å²) in [7, 11) is 0. The van der Waals surface area contributed by atoms with E-state index in [0.717, 1.165) is 80.9 Å². The lowest BCUT2D eigenvalue weighted by Crippen LogP contribution is -2.37. The molecule has 0 aliphatic carbocycles. The van der Waals surface area contributed by atoms with E-state index < -0.39 is 0 Å². The second-order valence-corrected chi connectivity index (χ2v) is 8.71. The number of nitrogens with zero attached hydrogens (tertiary/aromatic N) is 4. The number of aromatic nitrogens is 1. The van der Waals surface area contributed by atoms with Crippen molar-refractivity contribution in [2.45, 2.75) is 51.5 Å². The Hall–Kier alpha value is -2.80. The van der Waals surface area contributed by atoms with Gasteiger partial charge in [0.2, 0.25) is 0 Å². The second-order valence-electron chi connectivity index (χ2n) is 8.71. The molecule has 0 unspecified atom stereocenters. The summed E-state index contributed by atoms with van der Waals surface area (Å²) in [5.74, 6) is 0.423. The van der Waals surface area contributed by atoms with E-state index in [1.807, 2.05) is 36.1 Å². The van der Waals surface area contributed by atoms with Gasteiger partial charge in [-0.3, -0.25) is 24.8 Å². The fraction of sp³-hybridized carbons (Fsp3) is 0.500. The van der Waals surface area contributed by atoms with Crippen LogP contribution in [0.4, 0.5) is 5.69 Å². The molecule has 2 fully saturated rings. The van der Waals surface area contributed by atoms with E-state index in [0.29, 0.717) is 0 Å². The Labute approximate surface area is 183 Å². The van der Waals surface area contributed by atoms with Gasteiger partial charge in [-0.25, -0.2) is 0 Å². The number of likely N-dealkylation sites (tertiary alicyclic amines) is 2. The zero-order chi connectivity index (χ0) is 21.8. The molecule has 3 heterocycles. The van der Waals surface area contributed by atoms with Gasteiger partial charge in [-0.2, -0.15) is 0 Å². The summed E-state index contributed by atoms with van der Waals surface area (Å²) in [5.41, 5.74) is 3.91. The summed E-state index contributed by atoms with van der Waals surface area (Å²) >= 11 is 0. The molecular formula is C24H30N4O3. The first-order chi connectivity index (χ1) is 15.0. The number of rotatable bonds is 5. The molecule has 1 aromatic carbocycles. The van der Waals surface area contributed by atoms with Gasteiger partial charge in [0.05, 0.1) is 16.2 Å². The molecule has 0 bridgehead atoms. The van der Waals surface area contributed by atoms with Gasteiger partial charge in [0.15, 0.2) is 0 Å². The Kier molecular flexibility index (Phi) is 6.61. The number of non-ortho nitro benzene ring substituents is 1. The summed E-state index contributed by atoms with van der Waals surface area (Å²) in [5, 5.41) is 10.8. The number of hydrogen-bond acceptors (Lipinski definition) is 5. The quantitative estimate of drug-likeness (QED) is 0.530. The van der Waals surface area contributed by atoms with Crippen LogP contribution in [0.25, 0.3) is 0 Å². The Morgan fingerprint density at radius 3 is 2.35 bits per heavy atom. The predicted molar refractivity (Wildman–Crippen MR) is 119 cm³/mol. The van der Waals surface area contributed by atoms with Gasteiger partial charge in [0.25, 0.3) is 11.6 Å². The summed E-state index contributed by atoms with van der Waals surface area (Å²) in [6.45, 7) is 6.32. The van der Waals surface area contributed by atoms with E-state index in [2.05, 4.69) is 4.90 Å². The van der Waals surface area contributed by atoms with Crippen LogP contribution in [0.3, 0.4) is 0 Å². The van der Waals surface area contributed by atoms with Crippen molar-refractivity contribution in [3.63, 3.8) is 0 Å². The van der Waals surface area contributed by atoms with Crippen molar-refractivity contribution in [2.75, 3.05) is 26.2 Å². The first kappa shape index (κ1) is 21.4. The van der Waals surface area contributed by atoms with Gasteiger partial charge in [0.1, 0.15) is 0 Å². The monoisotopic (exact) mass is 422 g/mol. The van der Waals surface area contributed by atoms with Crippen molar-refractivity contribution < 1.29 is 9.72 Å². The van der Waals surface area contributed by atoms with E-state index in [-0.39, 0.29) is 22.4 Å². The number of aryl methyl sites for hydroxylation is 1. The summed E-state index contributed by atoms with van der Waals surface area (Å²) in [4.78, 5) is 32.8. The van der Waals surface area contributed by atoms with Crippen LogP contribution >= 0.6 is 0 Å². The lowest BCUT2D eigenvalue weighted by Gasteiger charge is -2.33. The maximum absolute atomic E-state index is 13.2. The molecule has 4 rings (SSSR count). The number of hydrogen-bond donors (Lipinski definition) is 0. The van der Waals surface area contributed by atoms with Gasteiger partial charge in [0, 0.05) is 43.4 Å². The summed E-state index contributed by atoms with van der Waals surface area (Å²) in [6, 6.07) is 10.7. The minimum Gasteiger partial charge on any atom is -0.339 e. The lowest BCUT2D eigenvalue weighted by molar-refractivity contribution is -0.384. The van der Waals surface area contributed by atoms with Gasteiger partial charge in [-0.1, -0.05) is 12.1 Å². The maximum atomic E-state index is 13.2. The number of amides is 1. The highest BCUT2D eigenvalue weighted by molar-refractivity contribution is 5.95. The standard InChI is InChI=1S/C24H30N4O3/c1-18-5-10-22(24(29)27-13-3-2-4-14-27)23(25-18)20-11-15-26(16-12-20)17-19-6-8-21(9-7-19)28(30)31/h5-10,20H,2-4,11-17H2,1H3. The van der Waals surface area contributed by atoms with Gasteiger partial charge < -0.3 is 4.90 Å². The second kappa shape index (κ2) is 9.56. The molecule has 0 atom stereocenters. The number of piperidine rings is 2. The van der Waals surface area contributed by atoms with Crippen LogP contribution in [0.5, 0.6) is 0 Å². The van der Waals surface area contributed by atoms with Crippen molar-refractivity contribution in [3.8, 4) is 0 Å². The molecule has 0 N–H and O–H groups in total. The average molecular weight is 423 g/mol. The zero-order valence-corrected chi connectivity index (χ0v) is 18.1. The summed E-state index contributed by atoms with van der Waals surface area (Å²) in [6.07, 6.45) is 5.30. The van der Waals surface area contributed by atoms with Crippen molar-refractivity contribution in [1.29, 1.82) is 0 Å². The maximum Gasteiger partial charge on any atom is 0.269 e. The van der Waals surface area contributed by atoms with Crippen LogP contribution in [-0.2, 0) is 6.54 Å². The highest BCUT2D eigenvalue weighted by Gasteiger charge is 2.28. The van der Waals surface area contributed by atoms with Crippen molar-refractivity contribution >= 4 is 11.6 Å². The molecule has 7 heteroatoms. The molecule has 2 aliphatic rings. The van der Waals surface area contributed by atoms with Crippen LogP contribution in [0, 0.1) is 17.0 Å². The van der Waals surface area contributed by atoms with E-state index >= 15 is 0 Å². The number of carbonyl (C=O) groups excluding carboxylic acids is 1. The van der Waals surface area contributed by atoms with Crippen LogP contribution in [-0.4, -0.2) is 51.8 Å². The van der Waals surface area contributed by atoms with Crippen LogP contribution in [0.15, 0.2) is 36.4 Å². The molecule has 0 saturated carbocycles. The fourth-order valence-electron chi connectivity index (χ4n) is 4.68. The molecule has 1 aromatic heterocycles. The third kappa shape index (κ3) is 5.10. The van der Waals surface area contributed by atoms with Crippen molar-refractivity contribution in [3.05, 3.63) is 69.0 Å². The lowest BCUT2D eigenvalue weighted by atomic mass is 9.89. The molecule has 2 saturated heterocycles. The summed E-state index contributed by atoms with van der Waals surface area (Å²) < 4.78 is 0. The molecule has 1 amide bonds.